The van der Waals surface area contributed by atoms with Crippen molar-refractivity contribution < 1.29 is 14.4 Å². The van der Waals surface area contributed by atoms with Gasteiger partial charge in [0, 0.05) is 5.56 Å². The van der Waals surface area contributed by atoms with Crippen LogP contribution in [0.2, 0.25) is 0 Å². The number of carboxylic acids is 1. The van der Waals surface area contributed by atoms with Crippen LogP contribution in [0, 0.1) is 0 Å². The van der Waals surface area contributed by atoms with Gasteiger partial charge >= 0.3 is 5.97 Å². The van der Waals surface area contributed by atoms with Gasteiger partial charge < -0.3 is 9.63 Å². The molecule has 0 saturated carbocycles. The van der Waals surface area contributed by atoms with Gasteiger partial charge in [-0.15, -0.1) is 0 Å². The van der Waals surface area contributed by atoms with Crippen LogP contribution in [0.4, 0.5) is 0 Å². The van der Waals surface area contributed by atoms with E-state index in [0.717, 1.165) is 5.56 Å². The van der Waals surface area contributed by atoms with Crippen LogP contribution in [0.5, 0.6) is 0 Å². The number of hydrogen-bond acceptors (Lipinski definition) is 4. The van der Waals surface area contributed by atoms with Crippen molar-refractivity contribution in [2.24, 2.45) is 0 Å². The summed E-state index contributed by atoms with van der Waals surface area (Å²) in [6.45, 7) is 1.85. The molecular formula is C12H10N2O3. The summed E-state index contributed by atoms with van der Waals surface area (Å²) in [5.74, 6) is -0.0980. The second-order valence-electron chi connectivity index (χ2n) is 3.34. The van der Waals surface area contributed by atoms with Gasteiger partial charge in [-0.05, 0) is 25.1 Å². The number of carboxylic acid groups (broad SMARTS) is 1. The first-order valence-electron chi connectivity index (χ1n) is 5.01. The van der Waals surface area contributed by atoms with Gasteiger partial charge in [-0.25, -0.2) is 4.79 Å². The quantitative estimate of drug-likeness (QED) is 0.876. The highest BCUT2D eigenvalue weighted by molar-refractivity contribution is 5.88. The van der Waals surface area contributed by atoms with Gasteiger partial charge in [0.25, 0.3) is 5.89 Å². The largest absolute Gasteiger partial charge is 0.478 e. The molecule has 0 amide bonds. The average molecular weight is 230 g/mol. The fraction of sp³-hybridized carbons (Fsp3) is 0.0833. The Labute approximate surface area is 97.4 Å². The Hall–Kier alpha value is -2.43. The number of hydrogen-bond donors (Lipinski definition) is 1. The number of aromatic carboxylic acids is 1. The van der Waals surface area contributed by atoms with E-state index in [1.54, 1.807) is 24.3 Å². The van der Waals surface area contributed by atoms with Gasteiger partial charge in [0.2, 0.25) is 5.82 Å². The zero-order valence-electron chi connectivity index (χ0n) is 9.12. The van der Waals surface area contributed by atoms with E-state index in [9.17, 15) is 4.79 Å². The summed E-state index contributed by atoms with van der Waals surface area (Å²) in [5.41, 5.74) is 0.945. The zero-order valence-corrected chi connectivity index (χ0v) is 9.12. The fourth-order valence-electron chi connectivity index (χ4n) is 1.32. The van der Waals surface area contributed by atoms with Crippen molar-refractivity contribution in [3.8, 4) is 11.4 Å². The lowest BCUT2D eigenvalue weighted by Gasteiger charge is -1.95. The maximum atomic E-state index is 10.7. The Morgan fingerprint density at radius 2 is 2.06 bits per heavy atom. The molecule has 5 nitrogen and oxygen atoms in total. The molecular weight excluding hydrogens is 220 g/mol. The third-order valence-electron chi connectivity index (χ3n) is 2.14. The molecule has 0 aliphatic carbocycles. The predicted molar refractivity (Wildman–Crippen MR) is 61.4 cm³/mol. The molecule has 1 aromatic heterocycles. The smallest absolute Gasteiger partial charge is 0.335 e. The third kappa shape index (κ3) is 2.39. The van der Waals surface area contributed by atoms with Crippen LogP contribution in [0.15, 0.2) is 34.9 Å². The number of rotatable bonds is 3. The first-order valence-corrected chi connectivity index (χ1v) is 5.01. The van der Waals surface area contributed by atoms with Gasteiger partial charge in [0.15, 0.2) is 0 Å². The summed E-state index contributed by atoms with van der Waals surface area (Å²) in [7, 11) is 0. The Morgan fingerprint density at radius 3 is 2.65 bits per heavy atom. The minimum absolute atomic E-state index is 0.228. The third-order valence-corrected chi connectivity index (χ3v) is 2.14. The molecule has 0 saturated heterocycles. The summed E-state index contributed by atoms with van der Waals surface area (Å²) >= 11 is 0. The number of benzene rings is 1. The lowest BCUT2D eigenvalue weighted by Crippen LogP contribution is -1.95. The number of nitrogens with zero attached hydrogens (tertiary/aromatic N) is 2. The number of allylic oxidation sites excluding steroid dienone is 1. The highest BCUT2D eigenvalue weighted by Gasteiger charge is 2.08. The Bertz CT molecular complexity index is 555. The van der Waals surface area contributed by atoms with Gasteiger partial charge in [-0.1, -0.05) is 23.4 Å². The molecule has 5 heteroatoms. The summed E-state index contributed by atoms with van der Waals surface area (Å²) in [6.07, 6.45) is 3.49. The maximum Gasteiger partial charge on any atom is 0.335 e. The van der Waals surface area contributed by atoms with Gasteiger partial charge in [-0.2, -0.15) is 4.98 Å². The van der Waals surface area contributed by atoms with E-state index in [0.29, 0.717) is 11.7 Å². The van der Waals surface area contributed by atoms with Crippen LogP contribution in [0.25, 0.3) is 17.5 Å². The van der Waals surface area contributed by atoms with Crippen molar-refractivity contribution >= 4 is 12.0 Å². The molecule has 0 spiro atoms. The molecule has 1 aromatic carbocycles. The maximum absolute atomic E-state index is 10.7. The SMILES string of the molecule is C/C=C/c1nc(-c2ccc(C(=O)O)cc2)no1. The first-order chi connectivity index (χ1) is 8.20. The standard InChI is InChI=1S/C12H10N2O3/c1-2-3-10-13-11(14-17-10)8-4-6-9(7-5-8)12(15)16/h2-7H,1H3,(H,15,16)/b3-2+. The summed E-state index contributed by atoms with van der Waals surface area (Å²) in [6, 6.07) is 6.30. The van der Waals surface area contributed by atoms with Crippen LogP contribution in [0.3, 0.4) is 0 Å². The number of carbonyl (C=O) groups is 1. The van der Waals surface area contributed by atoms with Crippen molar-refractivity contribution in [2.45, 2.75) is 6.92 Å². The van der Waals surface area contributed by atoms with Crippen molar-refractivity contribution in [1.29, 1.82) is 0 Å². The van der Waals surface area contributed by atoms with Gasteiger partial charge in [-0.3, -0.25) is 0 Å². The Morgan fingerprint density at radius 1 is 1.35 bits per heavy atom. The normalized spacial score (nSPS) is 10.9. The molecule has 0 aliphatic rings. The molecule has 2 rings (SSSR count). The molecule has 0 fully saturated rings. The minimum Gasteiger partial charge on any atom is -0.478 e. The molecule has 86 valence electrons. The molecule has 17 heavy (non-hydrogen) atoms. The average Bonchev–Trinajstić information content (AvgIpc) is 2.78. The van der Waals surface area contributed by atoms with Crippen molar-refractivity contribution in [3.63, 3.8) is 0 Å². The van der Waals surface area contributed by atoms with Crippen molar-refractivity contribution in [1.82, 2.24) is 10.1 Å². The zero-order chi connectivity index (χ0) is 12.3. The van der Waals surface area contributed by atoms with Gasteiger partial charge in [0.05, 0.1) is 5.56 Å². The van der Waals surface area contributed by atoms with Crippen molar-refractivity contribution in [2.75, 3.05) is 0 Å². The summed E-state index contributed by atoms with van der Waals surface area (Å²) in [4.78, 5) is 14.8. The first kappa shape index (κ1) is 11.1. The minimum atomic E-state index is -0.959. The molecule has 0 atom stereocenters. The lowest BCUT2D eigenvalue weighted by molar-refractivity contribution is 0.0697. The summed E-state index contributed by atoms with van der Waals surface area (Å²) in [5, 5.41) is 12.6. The second-order valence-corrected chi connectivity index (χ2v) is 3.34. The van der Waals surface area contributed by atoms with E-state index >= 15 is 0 Å². The second kappa shape index (κ2) is 4.61. The highest BCUT2D eigenvalue weighted by atomic mass is 16.5. The molecule has 1 N–H and O–H groups in total. The summed E-state index contributed by atoms with van der Waals surface area (Å²) < 4.78 is 4.97. The number of aromatic nitrogens is 2. The van der Waals surface area contributed by atoms with E-state index in [1.807, 2.05) is 6.92 Å². The van der Waals surface area contributed by atoms with Crippen molar-refractivity contribution in [3.05, 3.63) is 41.8 Å². The predicted octanol–water partition coefficient (Wildman–Crippen LogP) is 2.47. The van der Waals surface area contributed by atoms with Crippen LogP contribution in [-0.4, -0.2) is 21.2 Å². The molecule has 0 aliphatic heterocycles. The monoisotopic (exact) mass is 230 g/mol. The van der Waals surface area contributed by atoms with Crippen LogP contribution in [0.1, 0.15) is 23.2 Å². The molecule has 1 heterocycles. The van der Waals surface area contributed by atoms with Gasteiger partial charge in [0.1, 0.15) is 0 Å². The molecule has 0 radical (unpaired) electrons. The van der Waals surface area contributed by atoms with E-state index in [1.165, 1.54) is 12.1 Å². The highest BCUT2D eigenvalue weighted by Crippen LogP contribution is 2.16. The van der Waals surface area contributed by atoms with E-state index < -0.39 is 5.97 Å². The topological polar surface area (TPSA) is 76.2 Å². The Balaban J connectivity index is 2.29. The van der Waals surface area contributed by atoms with Crippen LogP contribution < -0.4 is 0 Å². The van der Waals surface area contributed by atoms with Crippen LogP contribution in [-0.2, 0) is 0 Å². The fourth-order valence-corrected chi connectivity index (χ4v) is 1.32. The molecule has 0 bridgehead atoms. The molecule has 0 unspecified atom stereocenters. The lowest BCUT2D eigenvalue weighted by atomic mass is 10.1. The Kier molecular flexibility index (Phi) is 3.00. The molecule has 2 aromatic rings. The van der Waals surface area contributed by atoms with Crippen LogP contribution >= 0.6 is 0 Å². The van der Waals surface area contributed by atoms with E-state index in [2.05, 4.69) is 10.1 Å². The van der Waals surface area contributed by atoms with E-state index in [4.69, 9.17) is 9.63 Å². The van der Waals surface area contributed by atoms with E-state index in [-0.39, 0.29) is 5.56 Å².